The van der Waals surface area contributed by atoms with Crippen LogP contribution in [0, 0.1) is 5.92 Å². The smallest absolute Gasteiger partial charge is 0.0669 e. The van der Waals surface area contributed by atoms with Crippen molar-refractivity contribution in [3.05, 3.63) is 17.5 Å². The summed E-state index contributed by atoms with van der Waals surface area (Å²) in [6.45, 7) is 3.91. The third-order valence-corrected chi connectivity index (χ3v) is 3.35. The summed E-state index contributed by atoms with van der Waals surface area (Å²) in [4.78, 5) is 0. The van der Waals surface area contributed by atoms with Crippen molar-refractivity contribution in [2.45, 2.75) is 25.8 Å². The minimum atomic E-state index is 0.381. The van der Waals surface area contributed by atoms with Gasteiger partial charge in [-0.05, 0) is 19.9 Å². The number of nitrogens with one attached hydrogen (secondary N) is 1. The van der Waals surface area contributed by atoms with Gasteiger partial charge in [-0.15, -0.1) is 0 Å². The van der Waals surface area contributed by atoms with Crippen LogP contribution in [0.2, 0.25) is 0 Å². The fraction of sp³-hybridized carbons (Fsp3) is 0.750. The van der Waals surface area contributed by atoms with E-state index in [2.05, 4.69) is 23.5 Å². The quantitative estimate of drug-likeness (QED) is 0.835. The van der Waals surface area contributed by atoms with Crippen molar-refractivity contribution in [2.75, 3.05) is 20.3 Å². The Morgan fingerprint density at radius 3 is 3.06 bits per heavy atom. The summed E-state index contributed by atoms with van der Waals surface area (Å²) in [7, 11) is 4.01. The number of aromatic nitrogens is 2. The molecule has 1 N–H and O–H groups in total. The van der Waals surface area contributed by atoms with Gasteiger partial charge < -0.3 is 10.1 Å². The molecule has 0 spiro atoms. The Labute approximate surface area is 97.0 Å². The lowest BCUT2D eigenvalue weighted by Gasteiger charge is -2.21. The maximum Gasteiger partial charge on any atom is 0.0669 e. The summed E-state index contributed by atoms with van der Waals surface area (Å²) in [6, 6.07) is 0.381. The van der Waals surface area contributed by atoms with Crippen molar-refractivity contribution in [1.82, 2.24) is 15.1 Å². The lowest BCUT2D eigenvalue weighted by molar-refractivity contribution is 0.177. The summed E-state index contributed by atoms with van der Waals surface area (Å²) in [6.07, 6.45) is 4.27. The number of hydrogen-bond acceptors (Lipinski definition) is 3. The van der Waals surface area contributed by atoms with Crippen molar-refractivity contribution in [2.24, 2.45) is 13.0 Å². The van der Waals surface area contributed by atoms with Crippen molar-refractivity contribution < 1.29 is 4.74 Å². The van der Waals surface area contributed by atoms with Gasteiger partial charge in [0, 0.05) is 37.4 Å². The van der Waals surface area contributed by atoms with Gasteiger partial charge in [0.15, 0.2) is 0 Å². The fourth-order valence-electron chi connectivity index (χ4n) is 2.55. The first-order valence-corrected chi connectivity index (χ1v) is 6.03. The topological polar surface area (TPSA) is 39.1 Å². The Hall–Kier alpha value is -0.870. The highest BCUT2D eigenvalue weighted by Gasteiger charge is 2.28. The maximum absolute atomic E-state index is 5.47. The number of aryl methyl sites for hydroxylation is 2. The molecular formula is C12H21N3O. The van der Waals surface area contributed by atoms with Gasteiger partial charge in [-0.3, -0.25) is 4.68 Å². The van der Waals surface area contributed by atoms with E-state index in [1.807, 2.05) is 18.8 Å². The van der Waals surface area contributed by atoms with Crippen molar-refractivity contribution in [3.63, 3.8) is 0 Å². The van der Waals surface area contributed by atoms with Crippen LogP contribution in [0.3, 0.4) is 0 Å². The third kappa shape index (κ3) is 2.13. The van der Waals surface area contributed by atoms with Crippen LogP contribution in [-0.4, -0.2) is 30.0 Å². The van der Waals surface area contributed by atoms with Gasteiger partial charge in [-0.2, -0.15) is 5.10 Å². The Kier molecular flexibility index (Phi) is 3.61. The molecule has 0 aromatic carbocycles. The van der Waals surface area contributed by atoms with Crippen molar-refractivity contribution in [3.8, 4) is 0 Å². The van der Waals surface area contributed by atoms with Crippen LogP contribution in [0.5, 0.6) is 0 Å². The standard InChI is InChI=1S/C12H21N3O/c1-4-11-10(7-15(3)14-11)12(13-2)9-5-6-16-8-9/h7,9,12-13H,4-6,8H2,1-3H3. The van der Waals surface area contributed by atoms with Gasteiger partial charge in [-0.1, -0.05) is 6.92 Å². The highest BCUT2D eigenvalue weighted by atomic mass is 16.5. The molecule has 1 saturated heterocycles. The van der Waals surface area contributed by atoms with E-state index in [0.29, 0.717) is 12.0 Å². The van der Waals surface area contributed by atoms with Crippen molar-refractivity contribution in [1.29, 1.82) is 0 Å². The molecule has 0 aliphatic carbocycles. The van der Waals surface area contributed by atoms with Crippen LogP contribution in [-0.2, 0) is 18.2 Å². The molecule has 16 heavy (non-hydrogen) atoms. The lowest BCUT2D eigenvalue weighted by Crippen LogP contribution is -2.26. The first-order chi connectivity index (χ1) is 7.76. The molecule has 0 bridgehead atoms. The van der Waals surface area contributed by atoms with Gasteiger partial charge in [0.2, 0.25) is 0 Å². The minimum Gasteiger partial charge on any atom is -0.381 e. The van der Waals surface area contributed by atoms with E-state index in [-0.39, 0.29) is 0 Å². The average Bonchev–Trinajstić information content (AvgIpc) is 2.89. The molecule has 4 heteroatoms. The monoisotopic (exact) mass is 223 g/mol. The predicted molar refractivity (Wildman–Crippen MR) is 63.3 cm³/mol. The second kappa shape index (κ2) is 4.97. The van der Waals surface area contributed by atoms with Crippen LogP contribution in [0.15, 0.2) is 6.20 Å². The SMILES string of the molecule is CCc1nn(C)cc1C(NC)C1CCOC1. The Bertz CT molecular complexity index is 342. The van der Waals surface area contributed by atoms with E-state index in [4.69, 9.17) is 4.74 Å². The number of ether oxygens (including phenoxy) is 1. The highest BCUT2D eigenvalue weighted by Crippen LogP contribution is 2.30. The molecule has 4 nitrogen and oxygen atoms in total. The normalized spacial score (nSPS) is 22.6. The van der Waals surface area contributed by atoms with Gasteiger partial charge in [0.05, 0.1) is 12.3 Å². The third-order valence-electron chi connectivity index (χ3n) is 3.35. The molecule has 90 valence electrons. The van der Waals surface area contributed by atoms with Crippen LogP contribution in [0.1, 0.15) is 30.6 Å². The summed E-state index contributed by atoms with van der Waals surface area (Å²) in [5.41, 5.74) is 2.54. The lowest BCUT2D eigenvalue weighted by atomic mass is 9.92. The molecule has 1 aliphatic rings. The predicted octanol–water partition coefficient (Wildman–Crippen LogP) is 1.28. The van der Waals surface area contributed by atoms with Crippen LogP contribution < -0.4 is 5.32 Å². The highest BCUT2D eigenvalue weighted by molar-refractivity contribution is 5.22. The van der Waals surface area contributed by atoms with E-state index >= 15 is 0 Å². The van der Waals surface area contributed by atoms with Crippen molar-refractivity contribution >= 4 is 0 Å². The molecule has 1 aromatic heterocycles. The van der Waals surface area contributed by atoms with E-state index < -0.39 is 0 Å². The number of nitrogens with zero attached hydrogens (tertiary/aromatic N) is 2. The van der Waals surface area contributed by atoms with Crippen LogP contribution >= 0.6 is 0 Å². The molecule has 2 rings (SSSR count). The largest absolute Gasteiger partial charge is 0.381 e. The molecule has 1 aliphatic heterocycles. The van der Waals surface area contributed by atoms with E-state index in [0.717, 1.165) is 26.1 Å². The molecule has 0 amide bonds. The zero-order valence-corrected chi connectivity index (χ0v) is 10.4. The van der Waals surface area contributed by atoms with E-state index in [1.54, 1.807) is 0 Å². The first kappa shape index (κ1) is 11.6. The van der Waals surface area contributed by atoms with Gasteiger partial charge in [0.25, 0.3) is 0 Å². The summed E-state index contributed by atoms with van der Waals surface area (Å²) in [5.74, 6) is 0.583. The van der Waals surface area contributed by atoms with Gasteiger partial charge in [-0.25, -0.2) is 0 Å². The van der Waals surface area contributed by atoms with E-state index in [1.165, 1.54) is 11.3 Å². The van der Waals surface area contributed by atoms with Crippen LogP contribution in [0.25, 0.3) is 0 Å². The molecule has 0 saturated carbocycles. The molecule has 1 fully saturated rings. The van der Waals surface area contributed by atoms with Gasteiger partial charge >= 0.3 is 0 Å². The molecule has 1 aromatic rings. The fourth-order valence-corrected chi connectivity index (χ4v) is 2.55. The molecule has 2 heterocycles. The zero-order valence-electron chi connectivity index (χ0n) is 10.4. The molecule has 2 unspecified atom stereocenters. The Morgan fingerprint density at radius 2 is 2.50 bits per heavy atom. The molecule has 0 radical (unpaired) electrons. The molecular weight excluding hydrogens is 202 g/mol. The van der Waals surface area contributed by atoms with E-state index in [9.17, 15) is 0 Å². The minimum absolute atomic E-state index is 0.381. The first-order valence-electron chi connectivity index (χ1n) is 6.03. The summed E-state index contributed by atoms with van der Waals surface area (Å²) in [5, 5.41) is 7.92. The number of hydrogen-bond donors (Lipinski definition) is 1. The van der Waals surface area contributed by atoms with Gasteiger partial charge in [0.1, 0.15) is 0 Å². The van der Waals surface area contributed by atoms with Crippen LogP contribution in [0.4, 0.5) is 0 Å². The summed E-state index contributed by atoms with van der Waals surface area (Å²) >= 11 is 0. The maximum atomic E-state index is 5.47. The second-order valence-corrected chi connectivity index (χ2v) is 4.45. The zero-order chi connectivity index (χ0) is 11.5. The Morgan fingerprint density at radius 1 is 1.69 bits per heavy atom. The molecule has 2 atom stereocenters. The number of rotatable bonds is 4. The average molecular weight is 223 g/mol. The second-order valence-electron chi connectivity index (χ2n) is 4.45. The Balaban J connectivity index is 2.24. The summed E-state index contributed by atoms with van der Waals surface area (Å²) < 4.78 is 7.39.